The van der Waals surface area contributed by atoms with Crippen LogP contribution in [0.4, 0.5) is 4.39 Å². The Morgan fingerprint density at radius 3 is 2.50 bits per heavy atom. The molecule has 138 valence electrons. The Kier molecular flexibility index (Phi) is 7.89. The van der Waals surface area contributed by atoms with Crippen molar-refractivity contribution in [2.45, 2.75) is 6.42 Å². The number of hydrogen-bond acceptors (Lipinski definition) is 2. The number of nitrogens with one attached hydrogen (secondary N) is 3. The first-order valence-electron chi connectivity index (χ1n) is 8.32. The summed E-state index contributed by atoms with van der Waals surface area (Å²) in [7, 11) is 1.67. The topological polar surface area (TPSA) is 65.5 Å². The first kappa shape index (κ1) is 19.7. The third kappa shape index (κ3) is 6.37. The highest BCUT2D eigenvalue weighted by molar-refractivity contribution is 6.33. The molecule has 0 aliphatic rings. The lowest BCUT2D eigenvalue weighted by Gasteiger charge is -2.12. The molecule has 0 bridgehead atoms. The number of guanidine groups is 1. The summed E-state index contributed by atoms with van der Waals surface area (Å²) >= 11 is 5.99. The second-order valence-electron chi connectivity index (χ2n) is 5.54. The maximum atomic E-state index is 13.1. The van der Waals surface area contributed by atoms with Gasteiger partial charge in [0.2, 0.25) is 0 Å². The van der Waals surface area contributed by atoms with Crippen molar-refractivity contribution >= 4 is 23.5 Å². The van der Waals surface area contributed by atoms with Crippen LogP contribution in [-0.4, -0.2) is 38.5 Å². The Morgan fingerprint density at radius 2 is 1.77 bits per heavy atom. The Morgan fingerprint density at radius 1 is 1.04 bits per heavy atom. The van der Waals surface area contributed by atoms with Crippen LogP contribution < -0.4 is 16.0 Å². The number of amides is 1. The molecule has 26 heavy (non-hydrogen) atoms. The standard InChI is InChI=1S/C19H22ClFN4O/c1-22-19(24-10-9-14-5-4-6-15(21)13-14)25-12-11-23-18(26)16-7-2-3-8-17(16)20/h2-8,13H,9-12H2,1H3,(H,23,26)(H2,22,24,25). The molecule has 0 unspecified atom stereocenters. The highest BCUT2D eigenvalue weighted by Gasteiger charge is 2.08. The average molecular weight is 377 g/mol. The van der Waals surface area contributed by atoms with Gasteiger partial charge in [-0.25, -0.2) is 4.39 Å². The van der Waals surface area contributed by atoms with Crippen molar-refractivity contribution in [2.75, 3.05) is 26.7 Å². The van der Waals surface area contributed by atoms with Crippen LogP contribution in [0.1, 0.15) is 15.9 Å². The van der Waals surface area contributed by atoms with Gasteiger partial charge >= 0.3 is 0 Å². The van der Waals surface area contributed by atoms with E-state index in [4.69, 9.17) is 11.6 Å². The number of benzene rings is 2. The van der Waals surface area contributed by atoms with Crippen LogP contribution in [0.25, 0.3) is 0 Å². The second-order valence-corrected chi connectivity index (χ2v) is 5.95. The van der Waals surface area contributed by atoms with Crippen molar-refractivity contribution in [3.8, 4) is 0 Å². The largest absolute Gasteiger partial charge is 0.356 e. The van der Waals surface area contributed by atoms with Gasteiger partial charge in [-0.05, 0) is 36.2 Å². The summed E-state index contributed by atoms with van der Waals surface area (Å²) in [6.45, 7) is 1.56. The highest BCUT2D eigenvalue weighted by atomic mass is 35.5. The fourth-order valence-electron chi connectivity index (χ4n) is 2.34. The molecule has 3 N–H and O–H groups in total. The quantitative estimate of drug-likeness (QED) is 0.395. The molecule has 7 heteroatoms. The van der Waals surface area contributed by atoms with E-state index in [1.54, 1.807) is 37.4 Å². The van der Waals surface area contributed by atoms with Gasteiger partial charge in [-0.15, -0.1) is 0 Å². The van der Waals surface area contributed by atoms with Gasteiger partial charge in [-0.1, -0.05) is 35.9 Å². The molecular weight excluding hydrogens is 355 g/mol. The van der Waals surface area contributed by atoms with Crippen LogP contribution in [0.5, 0.6) is 0 Å². The smallest absolute Gasteiger partial charge is 0.252 e. The Labute approximate surface area is 157 Å². The number of carbonyl (C=O) groups excluding carboxylic acids is 1. The molecular formula is C19H22ClFN4O. The molecule has 0 radical (unpaired) electrons. The van der Waals surface area contributed by atoms with Crippen LogP contribution in [-0.2, 0) is 6.42 Å². The molecule has 0 saturated carbocycles. The fourth-order valence-corrected chi connectivity index (χ4v) is 2.56. The lowest BCUT2D eigenvalue weighted by molar-refractivity contribution is 0.0954. The van der Waals surface area contributed by atoms with Crippen molar-refractivity contribution in [1.29, 1.82) is 0 Å². The van der Waals surface area contributed by atoms with Gasteiger partial charge in [0.1, 0.15) is 5.82 Å². The molecule has 5 nitrogen and oxygen atoms in total. The van der Waals surface area contributed by atoms with Gasteiger partial charge in [0.25, 0.3) is 5.91 Å². The molecule has 2 rings (SSSR count). The van der Waals surface area contributed by atoms with E-state index in [9.17, 15) is 9.18 Å². The Hall–Kier alpha value is -2.60. The van der Waals surface area contributed by atoms with Crippen molar-refractivity contribution in [3.63, 3.8) is 0 Å². The molecule has 0 aliphatic heterocycles. The van der Waals surface area contributed by atoms with Gasteiger partial charge in [0.05, 0.1) is 10.6 Å². The molecule has 0 atom stereocenters. The number of nitrogens with zero attached hydrogens (tertiary/aromatic N) is 1. The van der Waals surface area contributed by atoms with Crippen molar-refractivity contribution < 1.29 is 9.18 Å². The van der Waals surface area contributed by atoms with Crippen LogP contribution in [0.15, 0.2) is 53.5 Å². The van der Waals surface area contributed by atoms with Crippen molar-refractivity contribution in [3.05, 3.63) is 70.5 Å². The van der Waals surface area contributed by atoms with Gasteiger partial charge in [0.15, 0.2) is 5.96 Å². The summed E-state index contributed by atoms with van der Waals surface area (Å²) in [6.07, 6.45) is 0.682. The zero-order valence-corrected chi connectivity index (χ0v) is 15.3. The van der Waals surface area contributed by atoms with Crippen LogP contribution in [0.3, 0.4) is 0 Å². The molecule has 1 amide bonds. The molecule has 2 aromatic carbocycles. The highest BCUT2D eigenvalue weighted by Crippen LogP contribution is 2.14. The molecule has 2 aromatic rings. The minimum Gasteiger partial charge on any atom is -0.356 e. The first-order valence-corrected chi connectivity index (χ1v) is 8.69. The van der Waals surface area contributed by atoms with Gasteiger partial charge in [-0.2, -0.15) is 0 Å². The number of rotatable bonds is 7. The predicted molar refractivity (Wildman–Crippen MR) is 103 cm³/mol. The minimum absolute atomic E-state index is 0.216. The maximum Gasteiger partial charge on any atom is 0.252 e. The molecule has 0 aliphatic carbocycles. The van der Waals surface area contributed by atoms with Gasteiger partial charge in [-0.3, -0.25) is 9.79 Å². The maximum absolute atomic E-state index is 13.1. The van der Waals surface area contributed by atoms with Crippen LogP contribution in [0.2, 0.25) is 5.02 Å². The Bertz CT molecular complexity index is 767. The summed E-state index contributed by atoms with van der Waals surface area (Å²) in [5.74, 6) is 0.166. The zero-order valence-electron chi connectivity index (χ0n) is 14.6. The van der Waals surface area contributed by atoms with Gasteiger partial charge in [0, 0.05) is 26.7 Å². The van der Waals surface area contributed by atoms with Crippen molar-refractivity contribution in [2.24, 2.45) is 4.99 Å². The first-order chi connectivity index (χ1) is 12.6. The van der Waals surface area contributed by atoms with E-state index < -0.39 is 0 Å². The molecule has 0 saturated heterocycles. The van der Waals surface area contributed by atoms with E-state index in [2.05, 4.69) is 20.9 Å². The number of halogens is 2. The number of aliphatic imine (C=N–C) groups is 1. The number of hydrogen-bond donors (Lipinski definition) is 3. The number of carbonyl (C=O) groups is 1. The fraction of sp³-hybridized carbons (Fsp3) is 0.263. The SMILES string of the molecule is CN=C(NCCNC(=O)c1ccccc1Cl)NCCc1cccc(F)c1. The third-order valence-corrected chi connectivity index (χ3v) is 3.97. The predicted octanol–water partition coefficient (Wildman–Crippen LogP) is 2.62. The minimum atomic E-state index is -0.237. The average Bonchev–Trinajstić information content (AvgIpc) is 2.64. The van der Waals surface area contributed by atoms with Crippen LogP contribution in [0, 0.1) is 5.82 Å². The summed E-state index contributed by atoms with van der Waals surface area (Å²) in [4.78, 5) is 16.1. The third-order valence-electron chi connectivity index (χ3n) is 3.64. The Balaban J connectivity index is 1.67. The van der Waals surface area contributed by atoms with Crippen LogP contribution >= 0.6 is 11.6 Å². The monoisotopic (exact) mass is 376 g/mol. The van der Waals surface area contributed by atoms with E-state index in [0.29, 0.717) is 42.6 Å². The lowest BCUT2D eigenvalue weighted by Crippen LogP contribution is -2.42. The van der Waals surface area contributed by atoms with E-state index in [1.807, 2.05) is 6.07 Å². The summed E-state index contributed by atoms with van der Waals surface area (Å²) in [5.41, 5.74) is 1.37. The molecule has 0 spiro atoms. The lowest BCUT2D eigenvalue weighted by atomic mass is 10.1. The molecule has 0 heterocycles. The van der Waals surface area contributed by atoms with E-state index in [-0.39, 0.29) is 11.7 Å². The molecule has 0 fully saturated rings. The zero-order chi connectivity index (χ0) is 18.8. The summed E-state index contributed by atoms with van der Waals surface area (Å²) in [5, 5.41) is 9.48. The van der Waals surface area contributed by atoms with E-state index in [1.165, 1.54) is 12.1 Å². The second kappa shape index (κ2) is 10.4. The summed E-state index contributed by atoms with van der Waals surface area (Å²) < 4.78 is 13.1. The summed E-state index contributed by atoms with van der Waals surface area (Å²) in [6, 6.07) is 13.4. The normalized spacial score (nSPS) is 11.1. The van der Waals surface area contributed by atoms with E-state index in [0.717, 1.165) is 5.56 Å². The molecule has 0 aromatic heterocycles. The van der Waals surface area contributed by atoms with Crippen molar-refractivity contribution in [1.82, 2.24) is 16.0 Å². The van der Waals surface area contributed by atoms with Gasteiger partial charge < -0.3 is 16.0 Å². The van der Waals surface area contributed by atoms with E-state index >= 15 is 0 Å².